The second-order valence-corrected chi connectivity index (χ2v) is 6.45. The normalized spacial score (nSPS) is 10.7. The maximum Gasteiger partial charge on any atom is 0.250 e. The summed E-state index contributed by atoms with van der Waals surface area (Å²) in [7, 11) is 0. The minimum atomic E-state index is -0.273. The number of anilines is 1. The van der Waals surface area contributed by atoms with Crippen LogP contribution in [0.3, 0.4) is 0 Å². The first-order valence-corrected chi connectivity index (χ1v) is 8.79. The van der Waals surface area contributed by atoms with Crippen LogP contribution in [0.15, 0.2) is 84.4 Å². The molecule has 6 nitrogen and oxygen atoms in total. The Labute approximate surface area is 161 Å². The van der Waals surface area contributed by atoms with Gasteiger partial charge in [-0.05, 0) is 47.0 Å². The first-order chi connectivity index (χ1) is 13.6. The zero-order valence-corrected chi connectivity index (χ0v) is 15.1. The number of rotatable bonds is 5. The number of benzene rings is 2. The molecule has 28 heavy (non-hydrogen) atoms. The Hall–Kier alpha value is -3.93. The Bertz CT molecular complexity index is 1240. The first-order valence-electron chi connectivity index (χ1n) is 8.79. The molecule has 0 spiro atoms. The average Bonchev–Trinajstić information content (AvgIpc) is 3.17. The Kier molecular flexibility index (Phi) is 4.60. The number of amides is 1. The van der Waals surface area contributed by atoms with Gasteiger partial charge in [-0.15, -0.1) is 0 Å². The highest BCUT2D eigenvalue weighted by atomic mass is 16.1. The third kappa shape index (κ3) is 3.61. The maximum absolute atomic E-state index is 12.4. The molecule has 138 valence electrons. The predicted octanol–water partition coefficient (Wildman–Crippen LogP) is 3.56. The number of H-pyrrole nitrogens is 1. The van der Waals surface area contributed by atoms with Crippen molar-refractivity contribution in [1.29, 1.82) is 0 Å². The van der Waals surface area contributed by atoms with E-state index < -0.39 is 0 Å². The molecule has 0 fully saturated rings. The fourth-order valence-corrected chi connectivity index (χ4v) is 3.08. The summed E-state index contributed by atoms with van der Waals surface area (Å²) in [5.41, 5.74) is 4.36. The number of fused-ring (bicyclic) bond motifs is 1. The molecule has 2 heterocycles. The molecule has 0 saturated heterocycles. The van der Waals surface area contributed by atoms with Gasteiger partial charge >= 0.3 is 0 Å². The van der Waals surface area contributed by atoms with Gasteiger partial charge < -0.3 is 9.88 Å². The molecule has 2 aromatic heterocycles. The van der Waals surface area contributed by atoms with Crippen molar-refractivity contribution >= 4 is 22.5 Å². The van der Waals surface area contributed by atoms with E-state index in [1.54, 1.807) is 22.9 Å². The van der Waals surface area contributed by atoms with E-state index in [9.17, 15) is 9.59 Å². The molecule has 1 amide bonds. The van der Waals surface area contributed by atoms with Crippen LogP contribution in [0.1, 0.15) is 5.56 Å². The number of hydrogen-bond acceptors (Lipinski definition) is 3. The van der Waals surface area contributed by atoms with E-state index >= 15 is 0 Å². The van der Waals surface area contributed by atoms with Crippen molar-refractivity contribution in [2.45, 2.75) is 6.54 Å². The zero-order valence-electron chi connectivity index (χ0n) is 15.1. The van der Waals surface area contributed by atoms with Crippen LogP contribution in [0.25, 0.3) is 22.0 Å². The minimum Gasteiger partial charge on any atom is -0.323 e. The molecule has 2 aromatic carbocycles. The lowest BCUT2D eigenvalue weighted by atomic mass is 10.1. The maximum atomic E-state index is 12.4. The summed E-state index contributed by atoms with van der Waals surface area (Å²) in [4.78, 5) is 23.8. The standard InChI is InChI=1S/C22H18N4O2/c1-2-21(27)24-19-5-3-4-15(10-19)13-26-14-18(8-9-22(26)28)16-6-7-17-12-23-25-20(17)11-16/h2-12,14H,1,13H2,(H,23,25)(H,24,27). The minimum absolute atomic E-state index is 0.0908. The van der Waals surface area contributed by atoms with Crippen molar-refractivity contribution in [2.75, 3.05) is 5.32 Å². The van der Waals surface area contributed by atoms with E-state index in [0.29, 0.717) is 12.2 Å². The molecule has 4 aromatic rings. The molecule has 0 unspecified atom stereocenters. The quantitative estimate of drug-likeness (QED) is 0.527. The Morgan fingerprint density at radius 2 is 2.00 bits per heavy atom. The van der Waals surface area contributed by atoms with Crippen LogP contribution in [0.4, 0.5) is 5.69 Å². The van der Waals surface area contributed by atoms with Gasteiger partial charge in [0.2, 0.25) is 5.91 Å². The molecule has 4 rings (SSSR count). The number of carbonyl (C=O) groups is 1. The highest BCUT2D eigenvalue weighted by molar-refractivity contribution is 5.98. The predicted molar refractivity (Wildman–Crippen MR) is 110 cm³/mol. The van der Waals surface area contributed by atoms with Crippen LogP contribution < -0.4 is 10.9 Å². The number of aromatic amines is 1. The molecule has 0 aliphatic rings. The lowest BCUT2D eigenvalue weighted by molar-refractivity contribution is -0.111. The van der Waals surface area contributed by atoms with Gasteiger partial charge in [0.05, 0.1) is 18.3 Å². The number of pyridine rings is 1. The van der Waals surface area contributed by atoms with E-state index in [2.05, 4.69) is 22.1 Å². The van der Waals surface area contributed by atoms with Gasteiger partial charge in [-0.1, -0.05) is 30.8 Å². The van der Waals surface area contributed by atoms with Gasteiger partial charge in [0.1, 0.15) is 0 Å². The van der Waals surface area contributed by atoms with Gasteiger partial charge in [0.15, 0.2) is 0 Å². The molecule has 0 aliphatic carbocycles. The lowest BCUT2D eigenvalue weighted by Crippen LogP contribution is -2.19. The van der Waals surface area contributed by atoms with Crippen molar-refractivity contribution in [3.8, 4) is 11.1 Å². The lowest BCUT2D eigenvalue weighted by Gasteiger charge is -2.10. The van der Waals surface area contributed by atoms with E-state index in [1.807, 2.05) is 48.7 Å². The van der Waals surface area contributed by atoms with Crippen LogP contribution in [0.5, 0.6) is 0 Å². The smallest absolute Gasteiger partial charge is 0.250 e. The fraction of sp³-hybridized carbons (Fsp3) is 0.0455. The number of nitrogens with one attached hydrogen (secondary N) is 2. The Morgan fingerprint density at radius 3 is 2.86 bits per heavy atom. The second-order valence-electron chi connectivity index (χ2n) is 6.45. The van der Waals surface area contributed by atoms with Gasteiger partial charge in [0, 0.05) is 23.3 Å². The summed E-state index contributed by atoms with van der Waals surface area (Å²) in [5.74, 6) is -0.273. The average molecular weight is 370 g/mol. The largest absolute Gasteiger partial charge is 0.323 e. The number of nitrogens with zero attached hydrogens (tertiary/aromatic N) is 2. The van der Waals surface area contributed by atoms with E-state index in [0.717, 1.165) is 27.6 Å². The SMILES string of the molecule is C=CC(=O)Nc1cccc(Cn2cc(-c3ccc4cn[nH]c4c3)ccc2=O)c1. The molecule has 0 saturated carbocycles. The van der Waals surface area contributed by atoms with Crippen molar-refractivity contribution < 1.29 is 4.79 Å². The third-order valence-electron chi connectivity index (χ3n) is 4.49. The highest BCUT2D eigenvalue weighted by Gasteiger charge is 2.06. The summed E-state index contributed by atoms with van der Waals surface area (Å²) in [6.45, 7) is 3.85. The van der Waals surface area contributed by atoms with Crippen LogP contribution in [0, 0.1) is 0 Å². The monoisotopic (exact) mass is 370 g/mol. The molecular formula is C22H18N4O2. The molecule has 0 radical (unpaired) electrons. The molecule has 0 bridgehead atoms. The third-order valence-corrected chi connectivity index (χ3v) is 4.49. The van der Waals surface area contributed by atoms with E-state index in [1.165, 1.54) is 6.08 Å². The molecule has 0 aliphatic heterocycles. The topological polar surface area (TPSA) is 79.8 Å². The first kappa shape index (κ1) is 17.5. The molecular weight excluding hydrogens is 352 g/mol. The summed E-state index contributed by atoms with van der Waals surface area (Å²) < 4.78 is 1.65. The highest BCUT2D eigenvalue weighted by Crippen LogP contribution is 2.22. The Balaban J connectivity index is 1.64. The summed E-state index contributed by atoms with van der Waals surface area (Å²) in [6.07, 6.45) is 4.84. The van der Waals surface area contributed by atoms with Crippen LogP contribution in [-0.4, -0.2) is 20.7 Å². The number of carbonyl (C=O) groups excluding carboxylic acids is 1. The second kappa shape index (κ2) is 7.36. The summed E-state index contributed by atoms with van der Waals surface area (Å²) in [6, 6.07) is 16.8. The summed E-state index contributed by atoms with van der Waals surface area (Å²) in [5, 5.41) is 10.8. The van der Waals surface area contributed by atoms with Crippen molar-refractivity contribution in [3.63, 3.8) is 0 Å². The number of aromatic nitrogens is 3. The van der Waals surface area contributed by atoms with Crippen LogP contribution in [-0.2, 0) is 11.3 Å². The number of hydrogen-bond donors (Lipinski definition) is 2. The molecule has 6 heteroatoms. The van der Waals surface area contributed by atoms with Gasteiger partial charge in [-0.25, -0.2) is 0 Å². The Morgan fingerprint density at radius 1 is 1.14 bits per heavy atom. The zero-order chi connectivity index (χ0) is 19.5. The van der Waals surface area contributed by atoms with Crippen LogP contribution >= 0.6 is 0 Å². The van der Waals surface area contributed by atoms with Crippen LogP contribution in [0.2, 0.25) is 0 Å². The molecule has 2 N–H and O–H groups in total. The summed E-state index contributed by atoms with van der Waals surface area (Å²) >= 11 is 0. The van der Waals surface area contributed by atoms with Gasteiger partial charge in [-0.3, -0.25) is 14.7 Å². The van der Waals surface area contributed by atoms with Gasteiger partial charge in [0.25, 0.3) is 5.56 Å². The molecule has 0 atom stereocenters. The fourth-order valence-electron chi connectivity index (χ4n) is 3.08. The van der Waals surface area contributed by atoms with Crippen molar-refractivity contribution in [1.82, 2.24) is 14.8 Å². The van der Waals surface area contributed by atoms with E-state index in [-0.39, 0.29) is 11.5 Å². The van der Waals surface area contributed by atoms with Gasteiger partial charge in [-0.2, -0.15) is 5.10 Å². The van der Waals surface area contributed by atoms with Crippen molar-refractivity contribution in [2.24, 2.45) is 0 Å². The van der Waals surface area contributed by atoms with E-state index in [4.69, 9.17) is 0 Å². The van der Waals surface area contributed by atoms with Crippen molar-refractivity contribution in [3.05, 3.63) is 95.6 Å².